The molecule has 1 unspecified atom stereocenters. The monoisotopic (exact) mass is 354 g/mol. The lowest BCUT2D eigenvalue weighted by molar-refractivity contribution is -0.121. The van der Waals surface area contributed by atoms with Crippen LogP contribution >= 0.6 is 0 Å². The van der Waals surface area contributed by atoms with Gasteiger partial charge >= 0.3 is 0 Å². The molecular weight excluding hydrogens is 328 g/mol. The number of carbonyl (C=O) groups is 2. The van der Waals surface area contributed by atoms with E-state index in [1.54, 1.807) is 21.8 Å². The van der Waals surface area contributed by atoms with Crippen molar-refractivity contribution in [1.82, 2.24) is 14.7 Å². The number of likely N-dealkylation sites (tertiary alicyclic amines) is 1. The number of piperidine rings is 1. The maximum absolute atomic E-state index is 12.7. The lowest BCUT2D eigenvalue weighted by atomic mass is 9.96. The normalized spacial score (nSPS) is 17.4. The molecule has 0 aliphatic carbocycles. The number of anilines is 1. The molecular formula is C20H26N4O2. The Labute approximate surface area is 154 Å². The molecule has 3 rings (SSSR count). The van der Waals surface area contributed by atoms with E-state index < -0.39 is 0 Å². The minimum atomic E-state index is -0.200. The smallest absolute Gasteiger partial charge is 0.253 e. The molecule has 1 N–H and O–H groups in total. The van der Waals surface area contributed by atoms with E-state index in [-0.39, 0.29) is 23.8 Å². The first-order valence-corrected chi connectivity index (χ1v) is 9.16. The van der Waals surface area contributed by atoms with Crippen molar-refractivity contribution in [3.8, 4) is 0 Å². The van der Waals surface area contributed by atoms with Crippen LogP contribution in [0.15, 0.2) is 36.5 Å². The first-order valence-electron chi connectivity index (χ1n) is 9.16. The van der Waals surface area contributed by atoms with Crippen LogP contribution in [-0.4, -0.2) is 39.6 Å². The average Bonchev–Trinajstić information content (AvgIpc) is 3.10. The van der Waals surface area contributed by atoms with Gasteiger partial charge < -0.3 is 10.2 Å². The summed E-state index contributed by atoms with van der Waals surface area (Å²) in [5.74, 6) is 0.448. The molecule has 2 amide bonds. The van der Waals surface area contributed by atoms with Crippen LogP contribution in [0.1, 0.15) is 48.7 Å². The van der Waals surface area contributed by atoms with Crippen LogP contribution in [0.25, 0.3) is 0 Å². The highest BCUT2D eigenvalue weighted by Crippen LogP contribution is 2.21. The van der Waals surface area contributed by atoms with Crippen molar-refractivity contribution in [2.24, 2.45) is 5.92 Å². The van der Waals surface area contributed by atoms with Crippen molar-refractivity contribution < 1.29 is 9.59 Å². The highest BCUT2D eigenvalue weighted by molar-refractivity contribution is 5.96. The Bertz CT molecular complexity index is 779. The van der Waals surface area contributed by atoms with Gasteiger partial charge in [0.15, 0.2) is 0 Å². The number of nitrogens with one attached hydrogen (secondary N) is 1. The summed E-state index contributed by atoms with van der Waals surface area (Å²) in [6.07, 6.45) is 3.31. The van der Waals surface area contributed by atoms with E-state index in [0.29, 0.717) is 24.5 Å². The van der Waals surface area contributed by atoms with Crippen molar-refractivity contribution in [3.05, 3.63) is 47.7 Å². The van der Waals surface area contributed by atoms with E-state index in [2.05, 4.69) is 10.4 Å². The van der Waals surface area contributed by atoms with Crippen LogP contribution in [0.5, 0.6) is 0 Å². The van der Waals surface area contributed by atoms with Gasteiger partial charge in [0.25, 0.3) is 5.91 Å². The maximum Gasteiger partial charge on any atom is 0.253 e. The number of carbonyl (C=O) groups excluding carboxylic acids is 2. The Morgan fingerprint density at radius 2 is 1.92 bits per heavy atom. The summed E-state index contributed by atoms with van der Waals surface area (Å²) in [6, 6.07) is 9.55. The first kappa shape index (κ1) is 18.2. The fourth-order valence-corrected chi connectivity index (χ4v) is 3.31. The second-order valence-corrected chi connectivity index (χ2v) is 7.20. The molecule has 0 spiro atoms. The number of rotatable bonds is 4. The third kappa shape index (κ3) is 3.95. The Kier molecular flexibility index (Phi) is 5.40. The van der Waals surface area contributed by atoms with Crippen LogP contribution in [0.2, 0.25) is 0 Å². The quantitative estimate of drug-likeness (QED) is 0.916. The molecule has 0 bridgehead atoms. The van der Waals surface area contributed by atoms with Crippen LogP contribution < -0.4 is 5.32 Å². The van der Waals surface area contributed by atoms with Gasteiger partial charge in [-0.2, -0.15) is 5.10 Å². The summed E-state index contributed by atoms with van der Waals surface area (Å²) in [5, 5.41) is 7.21. The Morgan fingerprint density at radius 3 is 2.62 bits per heavy atom. The zero-order valence-electron chi connectivity index (χ0n) is 15.6. The Balaban J connectivity index is 1.66. The number of nitrogens with zero attached hydrogens (tertiary/aromatic N) is 3. The van der Waals surface area contributed by atoms with Gasteiger partial charge in [-0.05, 0) is 45.7 Å². The second-order valence-electron chi connectivity index (χ2n) is 7.20. The number of aromatic nitrogens is 2. The molecule has 138 valence electrons. The largest absolute Gasteiger partial charge is 0.338 e. The van der Waals surface area contributed by atoms with E-state index in [1.807, 2.05) is 45.0 Å². The van der Waals surface area contributed by atoms with E-state index in [4.69, 9.17) is 0 Å². The van der Waals surface area contributed by atoms with Crippen LogP contribution in [0.4, 0.5) is 5.82 Å². The molecule has 6 heteroatoms. The van der Waals surface area contributed by atoms with Crippen molar-refractivity contribution in [2.45, 2.75) is 39.7 Å². The zero-order chi connectivity index (χ0) is 18.7. The molecule has 1 aromatic heterocycles. The number of aryl methyl sites for hydroxylation is 1. The van der Waals surface area contributed by atoms with Crippen LogP contribution in [-0.2, 0) is 4.79 Å². The molecule has 1 aliphatic rings. The molecule has 26 heavy (non-hydrogen) atoms. The third-order valence-corrected chi connectivity index (χ3v) is 4.79. The van der Waals surface area contributed by atoms with Gasteiger partial charge in [-0.3, -0.25) is 9.59 Å². The topological polar surface area (TPSA) is 67.2 Å². The highest BCUT2D eigenvalue weighted by Gasteiger charge is 2.29. The predicted molar refractivity (Wildman–Crippen MR) is 101 cm³/mol. The molecule has 0 radical (unpaired) electrons. The van der Waals surface area contributed by atoms with Gasteiger partial charge in [0, 0.05) is 30.8 Å². The summed E-state index contributed by atoms with van der Waals surface area (Å²) in [6.45, 7) is 7.18. The predicted octanol–water partition coefficient (Wildman–Crippen LogP) is 3.26. The Hall–Kier alpha value is -2.63. The SMILES string of the molecule is Cc1ccc(C(=O)N2CCCC(C(=O)Nc3ccnn3C(C)C)C2)cc1. The summed E-state index contributed by atoms with van der Waals surface area (Å²) in [5.41, 5.74) is 1.80. The lowest BCUT2D eigenvalue weighted by Crippen LogP contribution is -2.44. The van der Waals surface area contributed by atoms with E-state index in [9.17, 15) is 9.59 Å². The summed E-state index contributed by atoms with van der Waals surface area (Å²) in [4.78, 5) is 27.2. The molecule has 1 aliphatic heterocycles. The molecule has 1 atom stereocenters. The number of amides is 2. The van der Waals surface area contributed by atoms with Gasteiger partial charge in [-0.15, -0.1) is 0 Å². The molecule has 0 saturated carbocycles. The summed E-state index contributed by atoms with van der Waals surface area (Å²) < 4.78 is 1.79. The molecule has 6 nitrogen and oxygen atoms in total. The van der Waals surface area contributed by atoms with Crippen LogP contribution in [0.3, 0.4) is 0 Å². The zero-order valence-corrected chi connectivity index (χ0v) is 15.6. The standard InChI is InChI=1S/C20H26N4O2/c1-14(2)24-18(10-11-21-24)22-19(25)17-5-4-12-23(13-17)20(26)16-8-6-15(3)7-9-16/h6-11,14,17H,4-5,12-13H2,1-3H3,(H,22,25). The molecule has 1 aromatic carbocycles. The van der Waals surface area contributed by atoms with Gasteiger partial charge in [0.05, 0.1) is 12.1 Å². The number of hydrogen-bond donors (Lipinski definition) is 1. The van der Waals surface area contributed by atoms with Gasteiger partial charge in [0.2, 0.25) is 5.91 Å². The average molecular weight is 354 g/mol. The van der Waals surface area contributed by atoms with Gasteiger partial charge in [0.1, 0.15) is 5.82 Å². The molecule has 2 aromatic rings. The lowest BCUT2D eigenvalue weighted by Gasteiger charge is -2.32. The van der Waals surface area contributed by atoms with Crippen molar-refractivity contribution in [3.63, 3.8) is 0 Å². The summed E-state index contributed by atoms with van der Waals surface area (Å²) in [7, 11) is 0. The Morgan fingerprint density at radius 1 is 1.19 bits per heavy atom. The molecule has 1 fully saturated rings. The number of benzene rings is 1. The minimum Gasteiger partial charge on any atom is -0.338 e. The van der Waals surface area contributed by atoms with Gasteiger partial charge in [-0.1, -0.05) is 17.7 Å². The van der Waals surface area contributed by atoms with E-state index in [1.165, 1.54) is 0 Å². The number of hydrogen-bond acceptors (Lipinski definition) is 3. The van der Waals surface area contributed by atoms with Crippen molar-refractivity contribution in [2.75, 3.05) is 18.4 Å². The minimum absolute atomic E-state index is 0.00489. The maximum atomic E-state index is 12.7. The van der Waals surface area contributed by atoms with Crippen LogP contribution in [0, 0.1) is 12.8 Å². The first-order chi connectivity index (χ1) is 12.5. The van der Waals surface area contributed by atoms with Crippen molar-refractivity contribution >= 4 is 17.6 Å². The highest BCUT2D eigenvalue weighted by atomic mass is 16.2. The van der Waals surface area contributed by atoms with E-state index in [0.717, 1.165) is 18.4 Å². The summed E-state index contributed by atoms with van der Waals surface area (Å²) >= 11 is 0. The molecule has 1 saturated heterocycles. The third-order valence-electron chi connectivity index (χ3n) is 4.79. The van der Waals surface area contributed by atoms with E-state index >= 15 is 0 Å². The van der Waals surface area contributed by atoms with Gasteiger partial charge in [-0.25, -0.2) is 4.68 Å². The van der Waals surface area contributed by atoms with Crippen molar-refractivity contribution in [1.29, 1.82) is 0 Å². The fraction of sp³-hybridized carbons (Fsp3) is 0.450. The molecule has 2 heterocycles. The fourth-order valence-electron chi connectivity index (χ4n) is 3.31. The second kappa shape index (κ2) is 7.72.